The first kappa shape index (κ1) is 29.7. The number of rotatable bonds is 5. The van der Waals surface area contributed by atoms with Crippen LogP contribution in [0.5, 0.6) is 0 Å². The maximum Gasteiger partial charge on any atom is 0.490 e. The third kappa shape index (κ3) is 10.3. The van der Waals surface area contributed by atoms with Crippen LogP contribution in [0.4, 0.5) is 26.3 Å². The van der Waals surface area contributed by atoms with Crippen LogP contribution in [0.25, 0.3) is 0 Å². The van der Waals surface area contributed by atoms with Crippen molar-refractivity contribution in [3.8, 4) is 0 Å². The van der Waals surface area contributed by atoms with E-state index in [-0.39, 0.29) is 0 Å². The zero-order valence-electron chi connectivity index (χ0n) is 18.8. The molecule has 0 radical (unpaired) electrons. The van der Waals surface area contributed by atoms with Gasteiger partial charge in [-0.05, 0) is 33.4 Å². The first-order valence-corrected chi connectivity index (χ1v) is 10.2. The monoisotopic (exact) mass is 506 g/mol. The quantitative estimate of drug-likeness (QED) is 0.586. The van der Waals surface area contributed by atoms with Crippen molar-refractivity contribution in [3.05, 3.63) is 24.2 Å². The highest BCUT2D eigenvalue weighted by atomic mass is 19.4. The summed E-state index contributed by atoms with van der Waals surface area (Å²) in [6, 6.07) is 2.65. The van der Waals surface area contributed by atoms with Crippen LogP contribution >= 0.6 is 0 Å². The van der Waals surface area contributed by atoms with Gasteiger partial charge in [0.05, 0.1) is 24.7 Å². The number of likely N-dealkylation sites (tertiary alicyclic amines) is 1. The molecule has 0 saturated carbocycles. The maximum absolute atomic E-state index is 10.6. The van der Waals surface area contributed by atoms with Gasteiger partial charge in [0.15, 0.2) is 0 Å². The van der Waals surface area contributed by atoms with Gasteiger partial charge in [0.1, 0.15) is 0 Å². The lowest BCUT2D eigenvalue weighted by Gasteiger charge is -2.25. The minimum absolute atomic E-state index is 0.425. The van der Waals surface area contributed by atoms with Gasteiger partial charge in [-0.2, -0.15) is 26.3 Å². The summed E-state index contributed by atoms with van der Waals surface area (Å²) < 4.78 is 74.9. The number of aliphatic carboxylic acids is 2. The molecule has 2 aliphatic heterocycles. The highest BCUT2D eigenvalue weighted by Gasteiger charge is 2.42. The van der Waals surface area contributed by atoms with Gasteiger partial charge in [-0.1, -0.05) is 0 Å². The molecule has 2 aliphatic rings. The third-order valence-corrected chi connectivity index (χ3v) is 5.23. The molecule has 0 amide bonds. The lowest BCUT2D eigenvalue weighted by Crippen LogP contribution is -2.35. The molecule has 3 rings (SSSR count). The summed E-state index contributed by atoms with van der Waals surface area (Å²) in [7, 11) is 2.19. The van der Waals surface area contributed by atoms with E-state index in [2.05, 4.69) is 36.8 Å². The van der Waals surface area contributed by atoms with E-state index in [9.17, 15) is 26.3 Å². The van der Waals surface area contributed by atoms with Crippen LogP contribution in [0.3, 0.4) is 0 Å². The van der Waals surface area contributed by atoms with E-state index in [4.69, 9.17) is 29.0 Å². The smallest absolute Gasteiger partial charge is 0.475 e. The van der Waals surface area contributed by atoms with E-state index < -0.39 is 24.3 Å². The average molecular weight is 506 g/mol. The summed E-state index contributed by atoms with van der Waals surface area (Å²) in [5, 5.41) is 14.2. The Kier molecular flexibility index (Phi) is 10.8. The van der Waals surface area contributed by atoms with Crippen LogP contribution in [0.15, 0.2) is 23.0 Å². The second-order valence-corrected chi connectivity index (χ2v) is 8.26. The number of ether oxygens (including phenoxy) is 1. The topological polar surface area (TPSA) is 103 Å². The molecule has 0 spiro atoms. The standard InChI is InChI=1S/C16H26N2O2.2C2HF3O2/c1-12(2)17(3)9-15-6-14-8-18(10-16(14)20-15)7-13-4-5-19-11-13;2*3-2(4,5)1(6)7/h4-5,11-12,14-16H,6-10H2,1-3H3;2*(H,6,7)/t14-,15-,16+;;/m1../s1. The van der Waals surface area contributed by atoms with Gasteiger partial charge in [-0.25, -0.2) is 9.59 Å². The molecule has 34 heavy (non-hydrogen) atoms. The molecule has 3 heterocycles. The molecule has 2 saturated heterocycles. The summed E-state index contributed by atoms with van der Waals surface area (Å²) in [5.74, 6) is -4.80. The fourth-order valence-electron chi connectivity index (χ4n) is 3.37. The Balaban J connectivity index is 0.000000343. The van der Waals surface area contributed by atoms with E-state index in [0.717, 1.165) is 26.2 Å². The number of nitrogens with zero attached hydrogens (tertiary/aromatic N) is 2. The van der Waals surface area contributed by atoms with Crippen molar-refractivity contribution in [1.29, 1.82) is 0 Å². The second kappa shape index (κ2) is 12.4. The predicted molar refractivity (Wildman–Crippen MR) is 106 cm³/mol. The Labute approximate surface area is 192 Å². The van der Waals surface area contributed by atoms with Crippen molar-refractivity contribution in [2.24, 2.45) is 5.92 Å². The summed E-state index contributed by atoms with van der Waals surface area (Å²) in [6.07, 6.45) is -4.50. The zero-order valence-corrected chi connectivity index (χ0v) is 18.8. The van der Waals surface area contributed by atoms with E-state index in [0.29, 0.717) is 24.2 Å². The number of alkyl halides is 6. The Bertz CT molecular complexity index is 731. The maximum atomic E-state index is 10.6. The predicted octanol–water partition coefficient (Wildman–Crippen LogP) is 3.48. The van der Waals surface area contributed by atoms with E-state index in [1.807, 2.05) is 6.26 Å². The van der Waals surface area contributed by atoms with Crippen molar-refractivity contribution >= 4 is 11.9 Å². The van der Waals surface area contributed by atoms with Gasteiger partial charge in [0.2, 0.25) is 0 Å². The minimum atomic E-state index is -5.08. The van der Waals surface area contributed by atoms with Crippen LogP contribution in [0, 0.1) is 5.92 Å². The third-order valence-electron chi connectivity index (χ3n) is 5.23. The number of carbonyl (C=O) groups is 2. The number of carboxylic acid groups (broad SMARTS) is 2. The number of hydrogen-bond acceptors (Lipinski definition) is 6. The molecule has 3 atom stereocenters. The van der Waals surface area contributed by atoms with Crippen molar-refractivity contribution in [1.82, 2.24) is 9.80 Å². The lowest BCUT2D eigenvalue weighted by atomic mass is 10.0. The normalized spacial score (nSPS) is 22.6. The largest absolute Gasteiger partial charge is 0.490 e. The molecule has 2 fully saturated rings. The Morgan fingerprint density at radius 1 is 1.12 bits per heavy atom. The van der Waals surface area contributed by atoms with Crippen molar-refractivity contribution in [2.75, 3.05) is 26.7 Å². The van der Waals surface area contributed by atoms with Gasteiger partial charge in [-0.3, -0.25) is 4.90 Å². The average Bonchev–Trinajstić information content (AvgIpc) is 3.38. The molecule has 1 aromatic heterocycles. The van der Waals surface area contributed by atoms with Crippen molar-refractivity contribution in [3.63, 3.8) is 0 Å². The summed E-state index contributed by atoms with van der Waals surface area (Å²) in [5.41, 5.74) is 1.26. The first-order valence-electron chi connectivity index (χ1n) is 10.2. The number of furan rings is 1. The molecule has 1 aromatic rings. The Morgan fingerprint density at radius 3 is 2.03 bits per heavy atom. The van der Waals surface area contributed by atoms with Gasteiger partial charge >= 0.3 is 24.3 Å². The number of carboxylic acids is 2. The molecule has 196 valence electrons. The van der Waals surface area contributed by atoms with Crippen LogP contribution in [0.1, 0.15) is 25.8 Å². The molecular formula is C20H28F6N2O6. The summed E-state index contributed by atoms with van der Waals surface area (Å²) in [6.45, 7) is 8.76. The number of hydrogen-bond donors (Lipinski definition) is 2. The molecular weight excluding hydrogens is 478 g/mol. The molecule has 0 bridgehead atoms. The van der Waals surface area contributed by atoms with Crippen molar-refractivity contribution < 1.29 is 55.3 Å². The van der Waals surface area contributed by atoms with E-state index >= 15 is 0 Å². The molecule has 0 unspecified atom stereocenters. The Hall–Kier alpha value is -2.32. The fourth-order valence-corrected chi connectivity index (χ4v) is 3.37. The zero-order chi connectivity index (χ0) is 26.3. The van der Waals surface area contributed by atoms with Gasteiger partial charge in [-0.15, -0.1) is 0 Å². The van der Waals surface area contributed by atoms with Crippen LogP contribution in [-0.2, 0) is 20.9 Å². The minimum Gasteiger partial charge on any atom is -0.475 e. The van der Waals surface area contributed by atoms with E-state index in [1.165, 1.54) is 12.0 Å². The summed E-state index contributed by atoms with van der Waals surface area (Å²) in [4.78, 5) is 22.7. The molecule has 14 heteroatoms. The SMILES string of the molecule is CC(C)N(C)C[C@H]1C[C@@H]2CN(Cc3ccoc3)C[C@@H]2O1.O=C(O)C(F)(F)F.O=C(O)C(F)(F)F. The number of fused-ring (bicyclic) bond motifs is 1. The van der Waals surface area contributed by atoms with Gasteiger partial charge < -0.3 is 24.3 Å². The van der Waals surface area contributed by atoms with Gasteiger partial charge in [0.25, 0.3) is 0 Å². The van der Waals surface area contributed by atoms with E-state index in [1.54, 1.807) is 6.26 Å². The summed E-state index contributed by atoms with van der Waals surface area (Å²) >= 11 is 0. The highest BCUT2D eigenvalue weighted by Crippen LogP contribution is 2.34. The molecule has 0 aromatic carbocycles. The van der Waals surface area contributed by atoms with Gasteiger partial charge in [0, 0.05) is 43.7 Å². The second-order valence-electron chi connectivity index (χ2n) is 8.26. The van der Waals surface area contributed by atoms with Crippen molar-refractivity contribution in [2.45, 2.75) is 57.4 Å². The molecule has 0 aliphatic carbocycles. The van der Waals surface area contributed by atoms with Crippen LogP contribution in [0.2, 0.25) is 0 Å². The van der Waals surface area contributed by atoms with Crippen LogP contribution < -0.4 is 0 Å². The fraction of sp³-hybridized carbons (Fsp3) is 0.700. The number of likely N-dealkylation sites (N-methyl/N-ethyl adjacent to an activating group) is 1. The van der Waals surface area contributed by atoms with Crippen LogP contribution in [-0.4, -0.2) is 89.2 Å². The Morgan fingerprint density at radius 2 is 1.65 bits per heavy atom. The first-order chi connectivity index (χ1) is 15.5. The number of halogens is 6. The molecule has 8 nitrogen and oxygen atoms in total. The lowest BCUT2D eigenvalue weighted by molar-refractivity contribution is -0.193. The molecule has 2 N–H and O–H groups in total. The highest BCUT2D eigenvalue weighted by molar-refractivity contribution is 5.73.